The zero-order valence-electron chi connectivity index (χ0n) is 8.95. The number of nitrogens with zero attached hydrogens (tertiary/aromatic N) is 1. The van der Waals surface area contributed by atoms with Crippen LogP contribution in [-0.2, 0) is 6.42 Å². The number of nitriles is 1. The first kappa shape index (κ1) is 11.6. The van der Waals surface area contributed by atoms with Gasteiger partial charge in [-0.3, -0.25) is 0 Å². The van der Waals surface area contributed by atoms with Gasteiger partial charge in [0.2, 0.25) is 0 Å². The topological polar surface area (TPSA) is 23.8 Å². The average molecular weight is 246 g/mol. The molecule has 0 atom stereocenters. The molecule has 0 radical (unpaired) electrons. The van der Waals surface area contributed by atoms with E-state index in [1.54, 1.807) is 18.2 Å². The van der Waals surface area contributed by atoms with Crippen LogP contribution in [0.3, 0.4) is 0 Å². The molecule has 0 aliphatic carbocycles. The number of halogens is 2. The summed E-state index contributed by atoms with van der Waals surface area (Å²) in [4.78, 5) is 0. The molecule has 2 aromatic rings. The van der Waals surface area contributed by atoms with Gasteiger partial charge >= 0.3 is 0 Å². The van der Waals surface area contributed by atoms with E-state index in [4.69, 9.17) is 16.9 Å². The van der Waals surface area contributed by atoms with Crippen LogP contribution in [0.25, 0.3) is 0 Å². The summed E-state index contributed by atoms with van der Waals surface area (Å²) in [6, 6.07) is 13.8. The van der Waals surface area contributed by atoms with Gasteiger partial charge in [0, 0.05) is 5.02 Å². The molecule has 0 unspecified atom stereocenters. The normalized spacial score (nSPS) is 9.94. The van der Waals surface area contributed by atoms with Gasteiger partial charge < -0.3 is 0 Å². The van der Waals surface area contributed by atoms with Crippen molar-refractivity contribution in [3.8, 4) is 6.07 Å². The zero-order chi connectivity index (χ0) is 12.3. The van der Waals surface area contributed by atoms with Crippen LogP contribution < -0.4 is 0 Å². The lowest BCUT2D eigenvalue weighted by Gasteiger charge is -2.04. The van der Waals surface area contributed by atoms with Gasteiger partial charge in [0.05, 0.1) is 5.56 Å². The maximum Gasteiger partial charge on any atom is 0.141 e. The smallest absolute Gasteiger partial charge is 0.141 e. The summed E-state index contributed by atoms with van der Waals surface area (Å²) in [5.74, 6) is -0.489. The van der Waals surface area contributed by atoms with E-state index in [0.29, 0.717) is 11.4 Å². The van der Waals surface area contributed by atoms with Crippen LogP contribution in [0, 0.1) is 17.1 Å². The first-order chi connectivity index (χ1) is 8.20. The Hall–Kier alpha value is -1.85. The molecule has 84 valence electrons. The van der Waals surface area contributed by atoms with Crippen LogP contribution in [0.2, 0.25) is 5.02 Å². The van der Waals surface area contributed by atoms with Crippen LogP contribution in [0.15, 0.2) is 42.5 Å². The highest BCUT2D eigenvalue weighted by Gasteiger charge is 2.05. The van der Waals surface area contributed by atoms with Crippen LogP contribution in [0.5, 0.6) is 0 Å². The minimum atomic E-state index is -0.489. The van der Waals surface area contributed by atoms with E-state index in [-0.39, 0.29) is 5.56 Å². The molecule has 0 aliphatic rings. The second-order valence-electron chi connectivity index (χ2n) is 3.69. The van der Waals surface area contributed by atoms with Gasteiger partial charge in [0.15, 0.2) is 0 Å². The standard InChI is InChI=1S/C14H9ClFN/c15-13-4-2-1-3-11(13)7-10-5-6-12(9-17)14(16)8-10/h1-6,8H,7H2. The average Bonchev–Trinajstić information content (AvgIpc) is 2.32. The Morgan fingerprint density at radius 3 is 2.59 bits per heavy atom. The fourth-order valence-corrected chi connectivity index (χ4v) is 1.82. The van der Waals surface area contributed by atoms with Crippen molar-refractivity contribution in [2.24, 2.45) is 0 Å². The molecule has 0 saturated heterocycles. The number of rotatable bonds is 2. The van der Waals surface area contributed by atoms with Crippen molar-refractivity contribution >= 4 is 11.6 Å². The SMILES string of the molecule is N#Cc1ccc(Cc2ccccc2Cl)cc1F. The Morgan fingerprint density at radius 2 is 1.94 bits per heavy atom. The maximum absolute atomic E-state index is 13.4. The van der Waals surface area contributed by atoms with E-state index in [2.05, 4.69) is 0 Å². The van der Waals surface area contributed by atoms with Gasteiger partial charge in [0.25, 0.3) is 0 Å². The third-order valence-electron chi connectivity index (χ3n) is 2.51. The monoisotopic (exact) mass is 245 g/mol. The van der Waals surface area contributed by atoms with Crippen molar-refractivity contribution in [1.82, 2.24) is 0 Å². The molecule has 0 aliphatic heterocycles. The minimum absolute atomic E-state index is 0.0629. The third-order valence-corrected chi connectivity index (χ3v) is 2.88. The lowest BCUT2D eigenvalue weighted by molar-refractivity contribution is 0.622. The van der Waals surface area contributed by atoms with E-state index in [9.17, 15) is 4.39 Å². The molecule has 0 heterocycles. The van der Waals surface area contributed by atoms with Crippen LogP contribution in [0.1, 0.15) is 16.7 Å². The molecule has 1 nitrogen and oxygen atoms in total. The van der Waals surface area contributed by atoms with Crippen molar-refractivity contribution in [2.45, 2.75) is 6.42 Å². The molecule has 0 bridgehead atoms. The van der Waals surface area contributed by atoms with Gasteiger partial charge in [0.1, 0.15) is 11.9 Å². The summed E-state index contributed by atoms with van der Waals surface area (Å²) in [6.45, 7) is 0. The van der Waals surface area contributed by atoms with Gasteiger partial charge in [-0.15, -0.1) is 0 Å². The molecule has 3 heteroatoms. The molecule has 0 aromatic heterocycles. The van der Waals surface area contributed by atoms with E-state index in [1.165, 1.54) is 12.1 Å². The molecule has 17 heavy (non-hydrogen) atoms. The van der Waals surface area contributed by atoms with Gasteiger partial charge in [-0.25, -0.2) is 4.39 Å². The highest BCUT2D eigenvalue weighted by atomic mass is 35.5. The first-order valence-electron chi connectivity index (χ1n) is 5.12. The second kappa shape index (κ2) is 4.99. The van der Waals surface area contributed by atoms with Crippen molar-refractivity contribution in [1.29, 1.82) is 5.26 Å². The highest BCUT2D eigenvalue weighted by Crippen LogP contribution is 2.20. The van der Waals surface area contributed by atoms with Crippen molar-refractivity contribution in [3.63, 3.8) is 0 Å². The molecule has 0 fully saturated rings. The summed E-state index contributed by atoms with van der Waals surface area (Å²) < 4.78 is 13.4. The predicted molar refractivity (Wildman–Crippen MR) is 65.4 cm³/mol. The molecule has 0 N–H and O–H groups in total. The van der Waals surface area contributed by atoms with E-state index in [0.717, 1.165) is 11.1 Å². The Bertz CT molecular complexity index is 587. The Kier molecular flexibility index (Phi) is 3.41. The van der Waals surface area contributed by atoms with E-state index in [1.807, 2.05) is 18.2 Å². The zero-order valence-corrected chi connectivity index (χ0v) is 9.71. The number of benzene rings is 2. The Balaban J connectivity index is 2.29. The number of hydrogen-bond donors (Lipinski definition) is 0. The lowest BCUT2D eigenvalue weighted by atomic mass is 10.0. The lowest BCUT2D eigenvalue weighted by Crippen LogP contribution is -1.92. The summed E-state index contributed by atoms with van der Waals surface area (Å²) >= 11 is 6.03. The molecule has 2 aromatic carbocycles. The molecule has 0 spiro atoms. The molecule has 2 rings (SSSR count). The van der Waals surface area contributed by atoms with Gasteiger partial charge in [-0.2, -0.15) is 5.26 Å². The summed E-state index contributed by atoms with van der Waals surface area (Å²) in [7, 11) is 0. The number of hydrogen-bond acceptors (Lipinski definition) is 1. The summed E-state index contributed by atoms with van der Waals surface area (Å²) in [5.41, 5.74) is 1.81. The largest absolute Gasteiger partial charge is 0.206 e. The quantitative estimate of drug-likeness (QED) is 0.786. The third kappa shape index (κ3) is 2.64. The van der Waals surface area contributed by atoms with Crippen LogP contribution in [-0.4, -0.2) is 0 Å². The van der Waals surface area contributed by atoms with Crippen molar-refractivity contribution in [2.75, 3.05) is 0 Å². The molecule has 0 saturated carbocycles. The van der Waals surface area contributed by atoms with Crippen molar-refractivity contribution < 1.29 is 4.39 Å². The summed E-state index contributed by atoms with van der Waals surface area (Å²) in [5, 5.41) is 9.30. The summed E-state index contributed by atoms with van der Waals surface area (Å²) in [6.07, 6.45) is 0.558. The fraction of sp³-hybridized carbons (Fsp3) is 0.0714. The van der Waals surface area contributed by atoms with Crippen molar-refractivity contribution in [3.05, 3.63) is 70.0 Å². The van der Waals surface area contributed by atoms with E-state index >= 15 is 0 Å². The maximum atomic E-state index is 13.4. The predicted octanol–water partition coefficient (Wildman–Crippen LogP) is 3.94. The highest BCUT2D eigenvalue weighted by molar-refractivity contribution is 6.31. The van der Waals surface area contributed by atoms with E-state index < -0.39 is 5.82 Å². The first-order valence-corrected chi connectivity index (χ1v) is 5.50. The Morgan fingerprint density at radius 1 is 1.18 bits per heavy atom. The molecule has 0 amide bonds. The van der Waals surface area contributed by atoms with Gasteiger partial charge in [-0.1, -0.05) is 35.9 Å². The van der Waals surface area contributed by atoms with Crippen LogP contribution in [0.4, 0.5) is 4.39 Å². The fourth-order valence-electron chi connectivity index (χ4n) is 1.62. The molecular weight excluding hydrogens is 237 g/mol. The Labute approximate surface area is 104 Å². The van der Waals surface area contributed by atoms with Crippen LogP contribution >= 0.6 is 11.6 Å². The van der Waals surface area contributed by atoms with Gasteiger partial charge in [-0.05, 0) is 35.7 Å². The second-order valence-corrected chi connectivity index (χ2v) is 4.10. The molecular formula is C14H9ClFN. The minimum Gasteiger partial charge on any atom is -0.206 e.